The Bertz CT molecular complexity index is 1320. The lowest BCUT2D eigenvalue weighted by Crippen LogP contribution is -2.51. The lowest BCUT2D eigenvalue weighted by Gasteiger charge is -2.46. The molecule has 35 heavy (non-hydrogen) atoms. The fraction of sp³-hybridized carbons (Fsp3) is 0.318. The summed E-state index contributed by atoms with van der Waals surface area (Å²) in [4.78, 5) is 19.1. The number of sulfonamides is 1. The molecule has 13 heteroatoms. The number of carboxylic acid groups (broad SMARTS) is 1. The van der Waals surface area contributed by atoms with Crippen LogP contribution in [0.3, 0.4) is 0 Å². The molecule has 2 N–H and O–H groups in total. The number of ether oxygens (including phenoxy) is 1. The van der Waals surface area contributed by atoms with Crippen LogP contribution in [0.2, 0.25) is 0 Å². The van der Waals surface area contributed by atoms with Gasteiger partial charge in [0.1, 0.15) is 17.9 Å². The van der Waals surface area contributed by atoms with Gasteiger partial charge in [-0.3, -0.25) is 9.62 Å². The lowest BCUT2D eigenvalue weighted by molar-refractivity contribution is 0.0264. The third-order valence-electron chi connectivity index (χ3n) is 6.23. The Balaban J connectivity index is 1.46. The van der Waals surface area contributed by atoms with Gasteiger partial charge in [0, 0.05) is 55.3 Å². The fourth-order valence-electron chi connectivity index (χ4n) is 4.58. The van der Waals surface area contributed by atoms with Gasteiger partial charge in [0.05, 0.1) is 17.5 Å². The van der Waals surface area contributed by atoms with Crippen molar-refractivity contribution in [3.8, 4) is 5.75 Å². The number of hydrogen-bond acceptors (Lipinski definition) is 8. The van der Waals surface area contributed by atoms with E-state index in [0.717, 1.165) is 22.7 Å². The normalized spacial score (nSPS) is 20.7. The van der Waals surface area contributed by atoms with Crippen LogP contribution in [-0.2, 0) is 10.0 Å². The molecule has 0 aliphatic carbocycles. The molecule has 2 unspecified atom stereocenters. The highest BCUT2D eigenvalue weighted by Crippen LogP contribution is 2.42. The highest BCUT2D eigenvalue weighted by Gasteiger charge is 2.38. The number of nitrogens with one attached hydrogen (secondary N) is 1. The van der Waals surface area contributed by atoms with Crippen molar-refractivity contribution in [2.24, 2.45) is 0 Å². The fourth-order valence-corrected chi connectivity index (χ4v) is 6.26. The van der Waals surface area contributed by atoms with Crippen LogP contribution in [-0.4, -0.2) is 65.0 Å². The van der Waals surface area contributed by atoms with E-state index in [1.165, 1.54) is 35.5 Å². The molecule has 0 spiro atoms. The number of nitrogens with zero attached hydrogens (tertiary/aromatic N) is 4. The predicted octanol–water partition coefficient (Wildman–Crippen LogP) is 3.34. The van der Waals surface area contributed by atoms with Gasteiger partial charge in [0.2, 0.25) is 5.13 Å². The largest absolute Gasteiger partial charge is 0.493 e. The number of hydrogen-bond donors (Lipinski definition) is 2. The summed E-state index contributed by atoms with van der Waals surface area (Å²) in [5, 5.41) is 9.72. The van der Waals surface area contributed by atoms with Gasteiger partial charge in [-0.05, 0) is 23.8 Å². The summed E-state index contributed by atoms with van der Waals surface area (Å²) in [6, 6.07) is 10.4. The first-order chi connectivity index (χ1) is 16.8. The predicted molar refractivity (Wildman–Crippen MR) is 125 cm³/mol. The summed E-state index contributed by atoms with van der Waals surface area (Å²) >= 11 is 0.935. The van der Waals surface area contributed by atoms with E-state index in [9.17, 15) is 22.7 Å². The second-order valence-electron chi connectivity index (χ2n) is 8.24. The van der Waals surface area contributed by atoms with E-state index in [4.69, 9.17) is 4.74 Å². The van der Waals surface area contributed by atoms with Crippen LogP contribution < -0.4 is 9.46 Å². The Labute approximate surface area is 205 Å². The lowest BCUT2D eigenvalue weighted by atomic mass is 9.93. The van der Waals surface area contributed by atoms with Gasteiger partial charge < -0.3 is 14.7 Å². The first-order valence-corrected chi connectivity index (χ1v) is 13.1. The Morgan fingerprint density at radius 1 is 1.17 bits per heavy atom. The first-order valence-electron chi connectivity index (χ1n) is 10.9. The van der Waals surface area contributed by atoms with Crippen LogP contribution in [0.15, 0.2) is 53.7 Å². The van der Waals surface area contributed by atoms with Crippen molar-refractivity contribution in [2.75, 3.05) is 31.0 Å². The molecule has 0 saturated carbocycles. The van der Waals surface area contributed by atoms with E-state index in [1.807, 2.05) is 0 Å². The third kappa shape index (κ3) is 4.79. The minimum absolute atomic E-state index is 0.0397. The minimum atomic E-state index is -3.88. The van der Waals surface area contributed by atoms with Crippen molar-refractivity contribution < 1.29 is 27.4 Å². The summed E-state index contributed by atoms with van der Waals surface area (Å²) in [5.41, 5.74) is 1.63. The van der Waals surface area contributed by atoms with Crippen LogP contribution in [0.5, 0.6) is 5.75 Å². The zero-order chi connectivity index (χ0) is 24.6. The van der Waals surface area contributed by atoms with E-state index >= 15 is 0 Å². The molecule has 2 atom stereocenters. The van der Waals surface area contributed by atoms with Crippen LogP contribution in [0.1, 0.15) is 29.6 Å². The molecule has 5 rings (SSSR count). The second kappa shape index (κ2) is 9.40. The number of aromatic nitrogens is 2. The molecule has 0 bridgehead atoms. The smallest absolute Gasteiger partial charge is 0.407 e. The molecule has 184 valence electrons. The quantitative estimate of drug-likeness (QED) is 0.526. The summed E-state index contributed by atoms with van der Waals surface area (Å²) in [5.74, 6) is 0.0957. The van der Waals surface area contributed by atoms with E-state index in [-0.39, 0.29) is 34.5 Å². The first kappa shape index (κ1) is 23.5. The van der Waals surface area contributed by atoms with Crippen molar-refractivity contribution in [3.05, 3.63) is 65.7 Å². The Hall–Kier alpha value is -3.29. The molecule has 1 fully saturated rings. The number of carbonyl (C=O) groups is 1. The van der Waals surface area contributed by atoms with Gasteiger partial charge in [-0.1, -0.05) is 18.2 Å². The zero-order valence-electron chi connectivity index (χ0n) is 18.4. The van der Waals surface area contributed by atoms with Crippen molar-refractivity contribution in [1.82, 2.24) is 19.2 Å². The number of piperazine rings is 1. The SMILES string of the molecule is O=C(O)N1CCN(C2CCOc3cc(S(=O)(=O)Nc4ncns4)ccc32)C(c2ccc(F)cc2)C1. The maximum atomic E-state index is 13.6. The van der Waals surface area contributed by atoms with Crippen molar-refractivity contribution in [3.63, 3.8) is 0 Å². The summed E-state index contributed by atoms with van der Waals surface area (Å²) in [7, 11) is -3.88. The highest BCUT2D eigenvalue weighted by atomic mass is 32.2. The van der Waals surface area contributed by atoms with E-state index in [1.54, 1.807) is 18.2 Å². The van der Waals surface area contributed by atoms with E-state index < -0.39 is 16.1 Å². The van der Waals surface area contributed by atoms with Gasteiger partial charge in [-0.15, -0.1) is 0 Å². The van der Waals surface area contributed by atoms with Crippen LogP contribution in [0.4, 0.5) is 14.3 Å². The van der Waals surface area contributed by atoms with Crippen LogP contribution >= 0.6 is 11.5 Å². The summed E-state index contributed by atoms with van der Waals surface area (Å²) in [6.45, 7) is 1.42. The molecular formula is C22H22FN5O5S2. The van der Waals surface area contributed by atoms with Crippen LogP contribution in [0, 0.1) is 5.82 Å². The topological polar surface area (TPSA) is 125 Å². The molecular weight excluding hydrogens is 497 g/mol. The average molecular weight is 520 g/mol. The van der Waals surface area contributed by atoms with Gasteiger partial charge in [-0.2, -0.15) is 4.37 Å². The monoisotopic (exact) mass is 519 g/mol. The van der Waals surface area contributed by atoms with Crippen molar-refractivity contribution in [1.29, 1.82) is 0 Å². The Morgan fingerprint density at radius 3 is 2.69 bits per heavy atom. The van der Waals surface area contributed by atoms with Gasteiger partial charge >= 0.3 is 6.09 Å². The number of benzene rings is 2. The molecule has 10 nitrogen and oxygen atoms in total. The van der Waals surface area contributed by atoms with E-state index in [0.29, 0.717) is 31.9 Å². The summed E-state index contributed by atoms with van der Waals surface area (Å²) < 4.78 is 51.2. The molecule has 0 radical (unpaired) electrons. The molecule has 2 aromatic carbocycles. The van der Waals surface area contributed by atoms with Gasteiger partial charge in [-0.25, -0.2) is 22.6 Å². The molecule has 2 aliphatic heterocycles. The minimum Gasteiger partial charge on any atom is -0.493 e. The maximum absolute atomic E-state index is 13.6. The molecule has 3 aromatic rings. The van der Waals surface area contributed by atoms with Crippen molar-refractivity contribution >= 4 is 32.8 Å². The van der Waals surface area contributed by atoms with E-state index in [2.05, 4.69) is 19.0 Å². The average Bonchev–Trinajstić information content (AvgIpc) is 3.36. The van der Waals surface area contributed by atoms with Crippen molar-refractivity contribution in [2.45, 2.75) is 23.4 Å². The molecule has 1 amide bonds. The number of anilines is 1. The number of amides is 1. The standard InChI is InChI=1S/C22H22FN5O5S2/c23-15-3-1-14(2-4-15)19-12-27(22(29)30)8-9-28(19)18-7-10-33-20-11-16(5-6-17(18)20)35(31,32)26-21-24-13-25-34-21/h1-6,11,13,18-19H,7-10,12H2,(H,29,30)(H,24,25,26). The van der Waals surface area contributed by atoms with Crippen LogP contribution in [0.25, 0.3) is 0 Å². The second-order valence-corrected chi connectivity index (χ2v) is 10.7. The number of halogens is 1. The zero-order valence-corrected chi connectivity index (χ0v) is 20.0. The third-order valence-corrected chi connectivity index (χ3v) is 8.28. The molecule has 3 heterocycles. The molecule has 2 aliphatic rings. The Kier molecular flexibility index (Phi) is 6.30. The highest BCUT2D eigenvalue weighted by molar-refractivity contribution is 7.93. The number of fused-ring (bicyclic) bond motifs is 1. The number of rotatable bonds is 5. The maximum Gasteiger partial charge on any atom is 0.407 e. The Morgan fingerprint density at radius 2 is 1.97 bits per heavy atom. The summed E-state index contributed by atoms with van der Waals surface area (Å²) in [6.07, 6.45) is 0.916. The molecule has 1 aromatic heterocycles. The van der Waals surface area contributed by atoms with Gasteiger partial charge in [0.25, 0.3) is 10.0 Å². The molecule has 1 saturated heterocycles. The van der Waals surface area contributed by atoms with Gasteiger partial charge in [0.15, 0.2) is 0 Å².